The third-order valence-electron chi connectivity index (χ3n) is 5.00. The number of benzene rings is 2. The van der Waals surface area contributed by atoms with Gasteiger partial charge in [-0.05, 0) is 64.5 Å². The van der Waals surface area contributed by atoms with E-state index in [2.05, 4.69) is 46.9 Å². The quantitative estimate of drug-likeness (QED) is 0.544. The molecule has 0 saturated carbocycles. The van der Waals surface area contributed by atoms with Crippen molar-refractivity contribution in [2.24, 2.45) is 0 Å². The van der Waals surface area contributed by atoms with Gasteiger partial charge < -0.3 is 30.1 Å². The molecule has 2 aromatic carbocycles. The van der Waals surface area contributed by atoms with Crippen LogP contribution in [0.4, 0.5) is 5.69 Å². The largest absolute Gasteiger partial charge is 0.764 e. The van der Waals surface area contributed by atoms with E-state index in [1.165, 1.54) is 6.26 Å². The Morgan fingerprint density at radius 2 is 1.47 bits per heavy atom. The van der Waals surface area contributed by atoms with Crippen molar-refractivity contribution >= 4 is 22.2 Å². The Kier molecular flexibility index (Phi) is 6.96. The highest BCUT2D eigenvalue weighted by Gasteiger charge is 2.26. The number of rotatable bonds is 5. The van der Waals surface area contributed by atoms with Gasteiger partial charge in [0.1, 0.15) is 5.75 Å². The second-order valence-corrected chi connectivity index (χ2v) is 12.0. The SMILES string of the molecule is CC(C)(C)c1cc(CCC(=O)Nc2ccc(S(C)([O-])O)cc2)cc(C(C)(C)C)c1O. The van der Waals surface area contributed by atoms with Crippen LogP contribution >= 0.6 is 10.6 Å². The fourth-order valence-electron chi connectivity index (χ4n) is 3.25. The molecule has 0 bridgehead atoms. The fraction of sp³-hybridized carbons (Fsp3) is 0.458. The zero-order valence-electron chi connectivity index (χ0n) is 19.0. The molecule has 0 heterocycles. The van der Waals surface area contributed by atoms with E-state index < -0.39 is 10.6 Å². The van der Waals surface area contributed by atoms with E-state index in [-0.39, 0.29) is 16.7 Å². The second-order valence-electron chi connectivity index (χ2n) is 9.91. The van der Waals surface area contributed by atoms with Crippen LogP contribution in [0.25, 0.3) is 0 Å². The van der Waals surface area contributed by atoms with Crippen LogP contribution in [-0.2, 0) is 22.0 Å². The minimum absolute atomic E-state index is 0.133. The summed E-state index contributed by atoms with van der Waals surface area (Å²) in [5, 5.41) is 13.6. The standard InChI is InChI=1S/C24H35NO4S/c1-23(2,3)19-14-16(15-20(22(19)27)24(4,5)6)8-13-21(26)25-17-9-11-18(12-10-17)30(7,28)29/h9-12,14-15,27-29H,8,13H2,1-7H3,(H,25,26)/p-1. The van der Waals surface area contributed by atoms with E-state index in [1.54, 1.807) is 24.3 Å². The maximum atomic E-state index is 12.4. The minimum Gasteiger partial charge on any atom is -0.764 e. The molecule has 166 valence electrons. The van der Waals surface area contributed by atoms with Crippen LogP contribution in [0.5, 0.6) is 5.75 Å². The van der Waals surface area contributed by atoms with Gasteiger partial charge in [0.05, 0.1) is 0 Å². The molecule has 0 aliphatic heterocycles. The number of anilines is 1. The molecule has 2 rings (SSSR count). The fourth-order valence-corrected chi connectivity index (χ4v) is 3.90. The van der Waals surface area contributed by atoms with Crippen LogP contribution in [0, 0.1) is 0 Å². The molecule has 1 amide bonds. The lowest BCUT2D eigenvalue weighted by atomic mass is 9.78. The second kappa shape index (κ2) is 8.61. The summed E-state index contributed by atoms with van der Waals surface area (Å²) in [5.41, 5.74) is 2.94. The Bertz CT molecular complexity index is 866. The van der Waals surface area contributed by atoms with Crippen molar-refractivity contribution in [3.8, 4) is 5.75 Å². The van der Waals surface area contributed by atoms with Gasteiger partial charge in [0.15, 0.2) is 0 Å². The Morgan fingerprint density at radius 3 is 1.87 bits per heavy atom. The summed E-state index contributed by atoms with van der Waals surface area (Å²) in [7, 11) is -3.01. The number of aromatic hydroxyl groups is 1. The normalized spacial score (nSPS) is 15.4. The number of hydrogen-bond acceptors (Lipinski definition) is 4. The van der Waals surface area contributed by atoms with E-state index in [4.69, 9.17) is 0 Å². The first-order valence-electron chi connectivity index (χ1n) is 10.1. The average Bonchev–Trinajstić information content (AvgIpc) is 2.58. The number of amides is 1. The molecule has 0 radical (unpaired) electrons. The summed E-state index contributed by atoms with van der Waals surface area (Å²) >= 11 is 0. The highest BCUT2D eigenvalue weighted by atomic mass is 32.3. The highest BCUT2D eigenvalue weighted by Crippen LogP contribution is 2.44. The van der Waals surface area contributed by atoms with E-state index in [0.717, 1.165) is 16.7 Å². The molecule has 0 aliphatic carbocycles. The minimum atomic E-state index is -3.01. The van der Waals surface area contributed by atoms with Gasteiger partial charge in [0, 0.05) is 17.0 Å². The van der Waals surface area contributed by atoms with Gasteiger partial charge in [-0.2, -0.15) is 0 Å². The van der Waals surface area contributed by atoms with Crippen LogP contribution in [0.15, 0.2) is 41.3 Å². The van der Waals surface area contributed by atoms with Gasteiger partial charge in [-0.25, -0.2) is 0 Å². The van der Waals surface area contributed by atoms with Crippen LogP contribution in [0.1, 0.15) is 64.7 Å². The Hall–Kier alpha value is -2.02. The van der Waals surface area contributed by atoms with Gasteiger partial charge in [-0.1, -0.05) is 53.7 Å². The maximum absolute atomic E-state index is 12.4. The Balaban J connectivity index is 2.15. The number of aryl methyl sites for hydroxylation is 1. The predicted octanol–water partition coefficient (Wildman–Crippen LogP) is 5.96. The third kappa shape index (κ3) is 6.24. The lowest BCUT2D eigenvalue weighted by Crippen LogP contribution is -2.18. The first-order chi connectivity index (χ1) is 13.6. The molecule has 0 fully saturated rings. The third-order valence-corrected chi connectivity index (χ3v) is 6.15. The molecule has 6 heteroatoms. The monoisotopic (exact) mass is 432 g/mol. The summed E-state index contributed by atoms with van der Waals surface area (Å²) in [6, 6.07) is 10.3. The maximum Gasteiger partial charge on any atom is 0.224 e. The zero-order valence-corrected chi connectivity index (χ0v) is 19.8. The summed E-state index contributed by atoms with van der Waals surface area (Å²) in [6.45, 7) is 12.4. The smallest absolute Gasteiger partial charge is 0.224 e. The first-order valence-corrected chi connectivity index (χ1v) is 12.0. The summed E-state index contributed by atoms with van der Waals surface area (Å²) in [6.07, 6.45) is 2.11. The van der Waals surface area contributed by atoms with Crippen molar-refractivity contribution in [2.75, 3.05) is 11.6 Å². The number of carbonyl (C=O) groups is 1. The van der Waals surface area contributed by atoms with Crippen molar-refractivity contribution in [1.29, 1.82) is 0 Å². The number of carbonyl (C=O) groups excluding carboxylic acids is 1. The number of nitrogens with one attached hydrogen (secondary N) is 1. The molecule has 0 aromatic heterocycles. The molecule has 30 heavy (non-hydrogen) atoms. The van der Waals surface area contributed by atoms with Crippen molar-refractivity contribution < 1.29 is 19.0 Å². The lowest BCUT2D eigenvalue weighted by Gasteiger charge is -2.41. The van der Waals surface area contributed by atoms with Crippen LogP contribution in [0.2, 0.25) is 0 Å². The van der Waals surface area contributed by atoms with Gasteiger partial charge in [0.25, 0.3) is 0 Å². The first kappa shape index (κ1) is 24.3. The molecule has 5 nitrogen and oxygen atoms in total. The van der Waals surface area contributed by atoms with E-state index in [1.807, 2.05) is 12.1 Å². The van der Waals surface area contributed by atoms with Gasteiger partial charge in [-0.15, -0.1) is 0 Å². The molecule has 0 spiro atoms. The molecular formula is C24H34NO4S-. The Labute approximate surface area is 181 Å². The van der Waals surface area contributed by atoms with Crippen molar-refractivity contribution in [1.82, 2.24) is 0 Å². The number of hydrogen-bond donors (Lipinski definition) is 3. The van der Waals surface area contributed by atoms with Crippen molar-refractivity contribution in [2.45, 2.75) is 70.1 Å². The van der Waals surface area contributed by atoms with Crippen molar-refractivity contribution in [3.05, 3.63) is 53.1 Å². The zero-order chi connectivity index (χ0) is 22.9. The average molecular weight is 433 g/mol. The molecule has 0 saturated heterocycles. The van der Waals surface area contributed by atoms with E-state index >= 15 is 0 Å². The van der Waals surface area contributed by atoms with Gasteiger partial charge in [-0.3, -0.25) is 4.79 Å². The highest BCUT2D eigenvalue weighted by molar-refractivity contribution is 8.23. The molecule has 3 N–H and O–H groups in total. The van der Waals surface area contributed by atoms with Crippen LogP contribution < -0.4 is 5.32 Å². The van der Waals surface area contributed by atoms with Gasteiger partial charge in [0.2, 0.25) is 5.91 Å². The van der Waals surface area contributed by atoms with E-state index in [9.17, 15) is 19.0 Å². The summed E-state index contributed by atoms with van der Waals surface area (Å²) < 4.78 is 21.2. The van der Waals surface area contributed by atoms with Gasteiger partial charge >= 0.3 is 0 Å². The van der Waals surface area contributed by atoms with E-state index in [0.29, 0.717) is 29.2 Å². The number of phenolic OH excluding ortho intramolecular Hbond substituents is 1. The molecular weight excluding hydrogens is 398 g/mol. The molecule has 0 aliphatic rings. The summed E-state index contributed by atoms with van der Waals surface area (Å²) in [5.74, 6) is 0.200. The van der Waals surface area contributed by atoms with Crippen LogP contribution in [-0.4, -0.2) is 26.4 Å². The molecule has 1 atom stereocenters. The topological polar surface area (TPSA) is 92.6 Å². The molecule has 2 aromatic rings. The summed E-state index contributed by atoms with van der Waals surface area (Å²) in [4.78, 5) is 12.8. The van der Waals surface area contributed by atoms with Crippen molar-refractivity contribution in [3.63, 3.8) is 0 Å². The predicted molar refractivity (Wildman–Crippen MR) is 124 cm³/mol. The van der Waals surface area contributed by atoms with Crippen LogP contribution in [0.3, 0.4) is 0 Å². The number of phenols is 1. The lowest BCUT2D eigenvalue weighted by molar-refractivity contribution is -0.116. The Morgan fingerprint density at radius 1 is 1.00 bits per heavy atom. The molecule has 1 unspecified atom stereocenters.